The van der Waals surface area contributed by atoms with Crippen LogP contribution in [0.1, 0.15) is 24.5 Å². The van der Waals surface area contributed by atoms with E-state index < -0.39 is 0 Å². The van der Waals surface area contributed by atoms with Crippen LogP contribution in [0, 0.1) is 5.92 Å². The van der Waals surface area contributed by atoms with E-state index in [1.165, 1.54) is 0 Å². The van der Waals surface area contributed by atoms with Crippen LogP contribution in [-0.4, -0.2) is 19.2 Å². The van der Waals surface area contributed by atoms with E-state index in [0.29, 0.717) is 16.9 Å². The number of benzene rings is 1. The van der Waals surface area contributed by atoms with E-state index in [1.54, 1.807) is 6.07 Å². The molecular formula is C16H19NO3. The fraction of sp³-hybridized carbons (Fsp3) is 0.438. The summed E-state index contributed by atoms with van der Waals surface area (Å²) in [5.41, 5.74) is 2.75. The average Bonchev–Trinajstić information content (AvgIpc) is 2.37. The molecule has 1 atom stereocenters. The number of phenols is 1. The van der Waals surface area contributed by atoms with Crippen molar-refractivity contribution in [3.63, 3.8) is 0 Å². The number of phenolic OH excluding ortho intramolecular Hbond substituents is 1. The number of nitrogens with zero attached hydrogens (tertiary/aromatic N) is 1. The molecule has 0 saturated carbocycles. The highest BCUT2D eigenvalue weighted by Gasteiger charge is 2.24. The molecule has 1 unspecified atom stereocenters. The van der Waals surface area contributed by atoms with Crippen LogP contribution in [0.15, 0.2) is 21.3 Å². The van der Waals surface area contributed by atoms with Gasteiger partial charge < -0.3 is 14.4 Å². The fourth-order valence-electron chi connectivity index (χ4n) is 2.98. The zero-order valence-electron chi connectivity index (χ0n) is 12.1. The summed E-state index contributed by atoms with van der Waals surface area (Å²) in [5.74, 6) is 0.723. The first-order valence-electron chi connectivity index (χ1n) is 6.96. The Bertz CT molecular complexity index is 731. The van der Waals surface area contributed by atoms with Gasteiger partial charge in [0.2, 0.25) is 0 Å². The molecule has 0 amide bonds. The number of fused-ring (bicyclic) bond motifs is 3. The molecule has 0 radical (unpaired) electrons. The van der Waals surface area contributed by atoms with Gasteiger partial charge in [-0.2, -0.15) is 0 Å². The normalized spacial score (nSPS) is 18.1. The van der Waals surface area contributed by atoms with E-state index in [9.17, 15) is 9.90 Å². The quantitative estimate of drug-likeness (QED) is 0.812. The predicted octanol–water partition coefficient (Wildman–Crippen LogP) is 2.69. The van der Waals surface area contributed by atoms with Gasteiger partial charge in [0.05, 0.1) is 5.39 Å². The molecule has 1 aliphatic carbocycles. The van der Waals surface area contributed by atoms with Crippen LogP contribution < -0.4 is 10.5 Å². The standard InChI is InChI=1S/C16H19NO3/c1-9-4-5-11-12(6-9)15-13(18)7-10(17(2)3)8-14(15)20-16(11)19/h7-9,18H,4-6H2,1-3H3. The molecule has 4 heteroatoms. The number of hydrogen-bond donors (Lipinski definition) is 1. The van der Waals surface area contributed by atoms with E-state index in [0.717, 1.165) is 36.1 Å². The second kappa shape index (κ2) is 4.54. The molecule has 1 N–H and O–H groups in total. The first kappa shape index (κ1) is 13.0. The molecular weight excluding hydrogens is 254 g/mol. The molecule has 1 heterocycles. The third-order valence-electron chi connectivity index (χ3n) is 4.14. The third kappa shape index (κ3) is 1.96. The first-order valence-corrected chi connectivity index (χ1v) is 6.96. The lowest BCUT2D eigenvalue weighted by atomic mass is 9.84. The summed E-state index contributed by atoms with van der Waals surface area (Å²) in [4.78, 5) is 14.0. The molecule has 1 aromatic heterocycles. The SMILES string of the molecule is CC1CCc2c(c3c(O)cc(N(C)C)cc3oc2=O)C1. The van der Waals surface area contributed by atoms with E-state index in [-0.39, 0.29) is 11.4 Å². The van der Waals surface area contributed by atoms with E-state index >= 15 is 0 Å². The molecule has 20 heavy (non-hydrogen) atoms. The van der Waals surface area contributed by atoms with Crippen LogP contribution in [0.4, 0.5) is 5.69 Å². The van der Waals surface area contributed by atoms with Gasteiger partial charge in [-0.3, -0.25) is 0 Å². The summed E-state index contributed by atoms with van der Waals surface area (Å²) < 4.78 is 5.42. The highest BCUT2D eigenvalue weighted by Crippen LogP contribution is 2.36. The zero-order chi connectivity index (χ0) is 14.4. The first-order chi connectivity index (χ1) is 9.47. The Morgan fingerprint density at radius 3 is 2.75 bits per heavy atom. The van der Waals surface area contributed by atoms with Gasteiger partial charge in [0.15, 0.2) is 0 Å². The van der Waals surface area contributed by atoms with Crippen molar-refractivity contribution in [2.45, 2.75) is 26.2 Å². The van der Waals surface area contributed by atoms with Gasteiger partial charge in [-0.25, -0.2) is 4.79 Å². The largest absolute Gasteiger partial charge is 0.507 e. The molecule has 106 valence electrons. The monoisotopic (exact) mass is 273 g/mol. The van der Waals surface area contributed by atoms with Crippen LogP contribution in [0.25, 0.3) is 11.0 Å². The van der Waals surface area contributed by atoms with Crippen molar-refractivity contribution in [2.75, 3.05) is 19.0 Å². The molecule has 3 rings (SSSR count). The van der Waals surface area contributed by atoms with Gasteiger partial charge in [-0.1, -0.05) is 6.92 Å². The number of hydrogen-bond acceptors (Lipinski definition) is 4. The van der Waals surface area contributed by atoms with Crippen LogP contribution in [0.5, 0.6) is 5.75 Å². The van der Waals surface area contributed by atoms with Gasteiger partial charge in [0, 0.05) is 37.5 Å². The number of anilines is 1. The van der Waals surface area contributed by atoms with Crippen molar-refractivity contribution in [1.29, 1.82) is 0 Å². The zero-order valence-corrected chi connectivity index (χ0v) is 12.1. The van der Waals surface area contributed by atoms with Crippen molar-refractivity contribution in [1.82, 2.24) is 0 Å². The van der Waals surface area contributed by atoms with Gasteiger partial charge in [0.25, 0.3) is 0 Å². The molecule has 1 aromatic carbocycles. The fourth-order valence-corrected chi connectivity index (χ4v) is 2.98. The van der Waals surface area contributed by atoms with Crippen LogP contribution in [-0.2, 0) is 12.8 Å². The number of rotatable bonds is 1. The Kier molecular flexibility index (Phi) is 2.96. The minimum atomic E-state index is -0.255. The average molecular weight is 273 g/mol. The van der Waals surface area contributed by atoms with E-state index in [4.69, 9.17) is 4.42 Å². The Labute approximate surface area is 117 Å². The lowest BCUT2D eigenvalue weighted by Crippen LogP contribution is -2.20. The van der Waals surface area contributed by atoms with Crippen molar-refractivity contribution < 1.29 is 9.52 Å². The predicted molar refractivity (Wildman–Crippen MR) is 79.7 cm³/mol. The van der Waals surface area contributed by atoms with Gasteiger partial charge >= 0.3 is 5.63 Å². The minimum Gasteiger partial charge on any atom is -0.507 e. The van der Waals surface area contributed by atoms with E-state index in [2.05, 4.69) is 6.92 Å². The Balaban J connectivity index is 2.35. The molecule has 0 saturated heterocycles. The lowest BCUT2D eigenvalue weighted by Gasteiger charge is -2.22. The molecule has 0 fully saturated rings. The summed E-state index contributed by atoms with van der Waals surface area (Å²) in [6.45, 7) is 2.18. The second-order valence-corrected chi connectivity index (χ2v) is 5.93. The van der Waals surface area contributed by atoms with E-state index in [1.807, 2.05) is 25.1 Å². The summed E-state index contributed by atoms with van der Waals surface area (Å²) in [6, 6.07) is 3.54. The summed E-state index contributed by atoms with van der Waals surface area (Å²) in [6.07, 6.45) is 2.57. The van der Waals surface area contributed by atoms with Crippen LogP contribution in [0.3, 0.4) is 0 Å². The Morgan fingerprint density at radius 2 is 2.05 bits per heavy atom. The lowest BCUT2D eigenvalue weighted by molar-refractivity contribution is 0.461. The maximum Gasteiger partial charge on any atom is 0.339 e. The summed E-state index contributed by atoms with van der Waals surface area (Å²) >= 11 is 0. The summed E-state index contributed by atoms with van der Waals surface area (Å²) in [5, 5.41) is 11.1. The summed E-state index contributed by atoms with van der Waals surface area (Å²) in [7, 11) is 3.78. The van der Waals surface area contributed by atoms with Crippen molar-refractivity contribution in [3.8, 4) is 5.75 Å². The maximum atomic E-state index is 12.1. The topological polar surface area (TPSA) is 53.7 Å². The molecule has 0 aliphatic heterocycles. The molecule has 0 spiro atoms. The smallest absolute Gasteiger partial charge is 0.339 e. The van der Waals surface area contributed by atoms with Crippen molar-refractivity contribution >= 4 is 16.7 Å². The molecule has 0 bridgehead atoms. The van der Waals surface area contributed by atoms with Gasteiger partial charge in [-0.05, 0) is 30.7 Å². The van der Waals surface area contributed by atoms with Crippen LogP contribution in [0.2, 0.25) is 0 Å². The van der Waals surface area contributed by atoms with Gasteiger partial charge in [0.1, 0.15) is 11.3 Å². The molecule has 2 aromatic rings. The maximum absolute atomic E-state index is 12.1. The highest BCUT2D eigenvalue weighted by molar-refractivity contribution is 5.90. The van der Waals surface area contributed by atoms with Gasteiger partial charge in [-0.15, -0.1) is 0 Å². The second-order valence-electron chi connectivity index (χ2n) is 5.93. The molecule has 4 nitrogen and oxygen atoms in total. The van der Waals surface area contributed by atoms with Crippen molar-refractivity contribution in [2.24, 2.45) is 5.92 Å². The minimum absolute atomic E-state index is 0.195. The number of aromatic hydroxyl groups is 1. The third-order valence-corrected chi connectivity index (χ3v) is 4.14. The van der Waals surface area contributed by atoms with Crippen molar-refractivity contribution in [3.05, 3.63) is 33.7 Å². The molecule has 1 aliphatic rings. The van der Waals surface area contributed by atoms with Crippen LogP contribution >= 0.6 is 0 Å². The Morgan fingerprint density at radius 1 is 1.30 bits per heavy atom. The Hall–Kier alpha value is -1.97. The highest BCUT2D eigenvalue weighted by atomic mass is 16.4.